The number of aliphatic hydroxyl groups excluding tert-OH is 1. The van der Waals surface area contributed by atoms with E-state index in [0.29, 0.717) is 31.1 Å². The van der Waals surface area contributed by atoms with Gasteiger partial charge in [-0.1, -0.05) is 0 Å². The van der Waals surface area contributed by atoms with Gasteiger partial charge in [-0.25, -0.2) is 0 Å². The van der Waals surface area contributed by atoms with Gasteiger partial charge < -0.3 is 10.0 Å². The van der Waals surface area contributed by atoms with Crippen LogP contribution in [0.4, 0.5) is 0 Å². The molecular weight excluding hydrogens is 292 g/mol. The molecule has 0 radical (unpaired) electrons. The van der Waals surface area contributed by atoms with Crippen molar-refractivity contribution in [1.82, 2.24) is 19.7 Å². The summed E-state index contributed by atoms with van der Waals surface area (Å²) in [4.78, 5) is 18.7. The van der Waals surface area contributed by atoms with Crippen LogP contribution in [0.25, 0.3) is 0 Å². The maximum Gasteiger partial charge on any atom is 0.256 e. The molecular formula is C17H20N4O2. The molecule has 2 aliphatic rings. The highest BCUT2D eigenvalue weighted by atomic mass is 16.3. The standard InChI is InChI=1S/C17H20N4O2/c1-11-14(3-2-6-18-11)17(23)20-7-8-21-13(10-20)9-15(19-21)16(22)12-4-5-12/h2-3,6,9,12,16,22H,4-5,7-8,10H2,1H3/t16-/m1/s1. The number of rotatable bonds is 3. The smallest absolute Gasteiger partial charge is 0.256 e. The zero-order valence-corrected chi connectivity index (χ0v) is 13.1. The van der Waals surface area contributed by atoms with E-state index < -0.39 is 6.10 Å². The van der Waals surface area contributed by atoms with Gasteiger partial charge in [-0.05, 0) is 43.9 Å². The van der Waals surface area contributed by atoms with Crippen LogP contribution in [0, 0.1) is 12.8 Å². The minimum absolute atomic E-state index is 0.00680. The Hall–Kier alpha value is -2.21. The van der Waals surface area contributed by atoms with Crippen molar-refractivity contribution in [3.05, 3.63) is 47.0 Å². The van der Waals surface area contributed by atoms with E-state index >= 15 is 0 Å². The third-order valence-electron chi connectivity index (χ3n) is 4.71. The topological polar surface area (TPSA) is 71.2 Å². The molecule has 2 aromatic rings. The van der Waals surface area contributed by atoms with E-state index in [1.807, 2.05) is 28.6 Å². The molecule has 0 bridgehead atoms. The summed E-state index contributed by atoms with van der Waals surface area (Å²) in [5.74, 6) is 0.370. The monoisotopic (exact) mass is 312 g/mol. The van der Waals surface area contributed by atoms with Crippen molar-refractivity contribution in [3.63, 3.8) is 0 Å². The molecule has 1 amide bonds. The Labute approximate surface area is 134 Å². The van der Waals surface area contributed by atoms with Gasteiger partial charge in [-0.3, -0.25) is 14.5 Å². The first-order chi connectivity index (χ1) is 11.1. The van der Waals surface area contributed by atoms with Crippen LogP contribution in [0.5, 0.6) is 0 Å². The lowest BCUT2D eigenvalue weighted by Crippen LogP contribution is -2.38. The summed E-state index contributed by atoms with van der Waals surface area (Å²) >= 11 is 0. The SMILES string of the molecule is Cc1ncccc1C(=O)N1CCn2nc([C@H](O)C3CC3)cc2C1. The van der Waals surface area contributed by atoms with E-state index in [0.717, 1.165) is 29.9 Å². The van der Waals surface area contributed by atoms with E-state index in [1.165, 1.54) is 0 Å². The second-order valence-electron chi connectivity index (χ2n) is 6.43. The van der Waals surface area contributed by atoms with Crippen LogP contribution >= 0.6 is 0 Å². The molecule has 0 unspecified atom stereocenters. The molecule has 1 N–H and O–H groups in total. The van der Waals surface area contributed by atoms with Crippen LogP contribution in [0.15, 0.2) is 24.4 Å². The predicted octanol–water partition coefficient (Wildman–Crippen LogP) is 1.69. The Balaban J connectivity index is 1.54. The zero-order valence-electron chi connectivity index (χ0n) is 13.1. The third kappa shape index (κ3) is 2.63. The number of aryl methyl sites for hydroxylation is 1. The number of fused-ring (bicyclic) bond motifs is 1. The van der Waals surface area contributed by atoms with Crippen molar-refractivity contribution in [2.24, 2.45) is 5.92 Å². The lowest BCUT2D eigenvalue weighted by Gasteiger charge is -2.28. The summed E-state index contributed by atoms with van der Waals surface area (Å²) < 4.78 is 1.92. The van der Waals surface area contributed by atoms with Gasteiger partial charge >= 0.3 is 0 Å². The van der Waals surface area contributed by atoms with Crippen molar-refractivity contribution in [2.45, 2.75) is 39.0 Å². The van der Waals surface area contributed by atoms with E-state index in [2.05, 4.69) is 10.1 Å². The summed E-state index contributed by atoms with van der Waals surface area (Å²) in [6.45, 7) is 3.67. The Bertz CT molecular complexity index is 751. The lowest BCUT2D eigenvalue weighted by molar-refractivity contribution is 0.0704. The van der Waals surface area contributed by atoms with Gasteiger partial charge in [0.25, 0.3) is 5.91 Å². The van der Waals surface area contributed by atoms with Crippen molar-refractivity contribution >= 4 is 5.91 Å². The molecule has 1 saturated carbocycles. The zero-order chi connectivity index (χ0) is 16.0. The largest absolute Gasteiger partial charge is 0.386 e. The number of carbonyl (C=O) groups excluding carboxylic acids is 1. The second kappa shape index (κ2) is 5.45. The summed E-state index contributed by atoms with van der Waals surface area (Å²) in [7, 11) is 0. The van der Waals surface area contributed by atoms with Gasteiger partial charge in [0.05, 0.1) is 30.0 Å². The Morgan fingerprint density at radius 3 is 2.96 bits per heavy atom. The number of aromatic nitrogens is 3. The van der Waals surface area contributed by atoms with Crippen LogP contribution < -0.4 is 0 Å². The maximum absolute atomic E-state index is 12.7. The number of hydrogen-bond donors (Lipinski definition) is 1. The maximum atomic E-state index is 12.7. The molecule has 1 atom stereocenters. The van der Waals surface area contributed by atoms with E-state index in [1.54, 1.807) is 12.3 Å². The highest BCUT2D eigenvalue weighted by Crippen LogP contribution is 2.40. The molecule has 4 rings (SSSR count). The molecule has 120 valence electrons. The first-order valence-electron chi connectivity index (χ1n) is 8.09. The number of aliphatic hydroxyl groups is 1. The number of carbonyl (C=O) groups is 1. The fourth-order valence-corrected chi connectivity index (χ4v) is 3.14. The van der Waals surface area contributed by atoms with E-state index in [9.17, 15) is 9.90 Å². The highest BCUT2D eigenvalue weighted by Gasteiger charge is 2.33. The fourth-order valence-electron chi connectivity index (χ4n) is 3.14. The molecule has 0 saturated heterocycles. The molecule has 6 heteroatoms. The predicted molar refractivity (Wildman–Crippen MR) is 83.6 cm³/mol. The Kier molecular flexibility index (Phi) is 3.41. The highest BCUT2D eigenvalue weighted by molar-refractivity contribution is 5.95. The van der Waals surface area contributed by atoms with Crippen molar-refractivity contribution in [3.8, 4) is 0 Å². The van der Waals surface area contributed by atoms with Gasteiger partial charge in [-0.15, -0.1) is 0 Å². The summed E-state index contributed by atoms with van der Waals surface area (Å²) in [5, 5.41) is 14.7. The molecule has 0 spiro atoms. The van der Waals surface area contributed by atoms with Crippen LogP contribution in [-0.2, 0) is 13.1 Å². The fraction of sp³-hybridized carbons (Fsp3) is 0.471. The quantitative estimate of drug-likeness (QED) is 0.936. The van der Waals surface area contributed by atoms with Gasteiger partial charge in [0.2, 0.25) is 0 Å². The number of amides is 1. The van der Waals surface area contributed by atoms with Gasteiger partial charge in [0, 0.05) is 18.4 Å². The van der Waals surface area contributed by atoms with Crippen LogP contribution in [0.3, 0.4) is 0 Å². The van der Waals surface area contributed by atoms with E-state index in [4.69, 9.17) is 0 Å². The van der Waals surface area contributed by atoms with E-state index in [-0.39, 0.29) is 5.91 Å². The van der Waals surface area contributed by atoms with Gasteiger partial charge in [0.1, 0.15) is 6.10 Å². The lowest BCUT2D eigenvalue weighted by atomic mass is 10.1. The molecule has 2 aromatic heterocycles. The van der Waals surface area contributed by atoms with Crippen molar-refractivity contribution in [1.29, 1.82) is 0 Å². The molecule has 0 aromatic carbocycles. The number of nitrogens with zero attached hydrogens (tertiary/aromatic N) is 4. The number of pyridine rings is 1. The average Bonchev–Trinajstić information content (AvgIpc) is 3.32. The molecule has 3 heterocycles. The van der Waals surface area contributed by atoms with Gasteiger partial charge in [0.15, 0.2) is 0 Å². The minimum atomic E-state index is -0.460. The normalized spacial score (nSPS) is 18.6. The average molecular weight is 312 g/mol. The summed E-state index contributed by atoms with van der Waals surface area (Å²) in [6, 6.07) is 5.55. The minimum Gasteiger partial charge on any atom is -0.386 e. The summed E-state index contributed by atoms with van der Waals surface area (Å²) in [6.07, 6.45) is 3.39. The molecule has 1 aliphatic heterocycles. The van der Waals surface area contributed by atoms with Crippen LogP contribution in [0.2, 0.25) is 0 Å². The first-order valence-corrected chi connectivity index (χ1v) is 8.09. The van der Waals surface area contributed by atoms with Crippen LogP contribution in [-0.4, -0.2) is 37.2 Å². The summed E-state index contributed by atoms with van der Waals surface area (Å²) in [5.41, 5.74) is 3.13. The first kappa shape index (κ1) is 14.4. The molecule has 1 aliphatic carbocycles. The Morgan fingerprint density at radius 2 is 2.22 bits per heavy atom. The number of hydrogen-bond acceptors (Lipinski definition) is 4. The molecule has 1 fully saturated rings. The second-order valence-corrected chi connectivity index (χ2v) is 6.43. The third-order valence-corrected chi connectivity index (χ3v) is 4.71. The van der Waals surface area contributed by atoms with Crippen LogP contribution in [0.1, 0.15) is 46.4 Å². The Morgan fingerprint density at radius 1 is 1.39 bits per heavy atom. The molecule has 23 heavy (non-hydrogen) atoms. The van der Waals surface area contributed by atoms with Crippen molar-refractivity contribution in [2.75, 3.05) is 6.54 Å². The van der Waals surface area contributed by atoms with Crippen molar-refractivity contribution < 1.29 is 9.90 Å². The van der Waals surface area contributed by atoms with Gasteiger partial charge in [-0.2, -0.15) is 5.10 Å². The molecule has 6 nitrogen and oxygen atoms in total.